The van der Waals surface area contributed by atoms with E-state index in [0.29, 0.717) is 19.8 Å². The Morgan fingerprint density at radius 2 is 1.78 bits per heavy atom. The lowest BCUT2D eigenvalue weighted by Crippen LogP contribution is -2.62. The highest BCUT2D eigenvalue weighted by Crippen LogP contribution is 2.37. The third kappa shape index (κ3) is 2.57. The Morgan fingerprint density at radius 1 is 1.06 bits per heavy atom. The molecule has 0 radical (unpaired) electrons. The van der Waals surface area contributed by atoms with E-state index in [-0.39, 0.29) is 5.60 Å². The third-order valence-corrected chi connectivity index (χ3v) is 4.43. The van der Waals surface area contributed by atoms with E-state index in [1.807, 2.05) is 24.8 Å². The lowest BCUT2D eigenvalue weighted by Gasteiger charge is -2.50. The summed E-state index contributed by atoms with van der Waals surface area (Å²) < 4.78 is 17.5. The van der Waals surface area contributed by atoms with Crippen LogP contribution in [0.5, 0.6) is 0 Å². The average molecular weight is 266 g/mol. The topological polar surface area (TPSA) is 27.7 Å². The quantitative estimate of drug-likeness (QED) is 0.783. The van der Waals surface area contributed by atoms with Gasteiger partial charge in [-0.1, -0.05) is 18.2 Å². The highest BCUT2D eigenvalue weighted by molar-refractivity contribution is 7.99. The van der Waals surface area contributed by atoms with Crippen LogP contribution in [0.2, 0.25) is 0 Å². The summed E-state index contributed by atoms with van der Waals surface area (Å²) in [6.45, 7) is 3.87. The van der Waals surface area contributed by atoms with Crippen molar-refractivity contribution in [3.8, 4) is 0 Å². The zero-order valence-electron chi connectivity index (χ0n) is 10.6. The molecule has 0 N–H and O–H groups in total. The number of rotatable bonds is 4. The number of benzene rings is 1. The highest BCUT2D eigenvalue weighted by Gasteiger charge is 2.49. The minimum absolute atomic E-state index is 0.228. The Morgan fingerprint density at radius 3 is 2.39 bits per heavy atom. The van der Waals surface area contributed by atoms with Gasteiger partial charge in [0.15, 0.2) is 5.79 Å². The summed E-state index contributed by atoms with van der Waals surface area (Å²) in [6, 6.07) is 10.4. The van der Waals surface area contributed by atoms with E-state index in [2.05, 4.69) is 24.3 Å². The lowest BCUT2D eigenvalue weighted by atomic mass is 10.0. The van der Waals surface area contributed by atoms with Gasteiger partial charge in [-0.2, -0.15) is 0 Å². The van der Waals surface area contributed by atoms with E-state index >= 15 is 0 Å². The second kappa shape index (κ2) is 4.85. The molecule has 0 aromatic heterocycles. The number of fused-ring (bicyclic) bond motifs is 3. The first-order chi connectivity index (χ1) is 8.70. The molecule has 3 nitrogen and oxygen atoms in total. The molecule has 0 unspecified atom stereocenters. The van der Waals surface area contributed by atoms with Gasteiger partial charge in [-0.05, 0) is 19.1 Å². The molecule has 3 heterocycles. The van der Waals surface area contributed by atoms with Crippen LogP contribution in [0.15, 0.2) is 35.2 Å². The molecule has 0 atom stereocenters. The fraction of sp³-hybridized carbons (Fsp3) is 0.571. The van der Waals surface area contributed by atoms with E-state index < -0.39 is 5.79 Å². The third-order valence-electron chi connectivity index (χ3n) is 3.42. The molecule has 3 fully saturated rings. The van der Waals surface area contributed by atoms with Crippen LogP contribution < -0.4 is 0 Å². The Balaban J connectivity index is 1.52. The summed E-state index contributed by atoms with van der Waals surface area (Å²) in [7, 11) is 0. The van der Waals surface area contributed by atoms with E-state index in [4.69, 9.17) is 14.2 Å². The second-order valence-electron chi connectivity index (χ2n) is 5.14. The molecule has 2 bridgehead atoms. The van der Waals surface area contributed by atoms with Crippen LogP contribution in [0.4, 0.5) is 0 Å². The van der Waals surface area contributed by atoms with Gasteiger partial charge in [-0.25, -0.2) is 0 Å². The van der Waals surface area contributed by atoms with Crippen molar-refractivity contribution in [2.75, 3.05) is 25.6 Å². The van der Waals surface area contributed by atoms with Gasteiger partial charge in [0.2, 0.25) is 0 Å². The molecular weight excluding hydrogens is 248 g/mol. The Labute approximate surface area is 112 Å². The van der Waals surface area contributed by atoms with Crippen molar-refractivity contribution in [1.29, 1.82) is 0 Å². The predicted octanol–water partition coefficient (Wildman–Crippen LogP) is 2.70. The Kier molecular flexibility index (Phi) is 3.36. The van der Waals surface area contributed by atoms with Crippen molar-refractivity contribution in [1.82, 2.24) is 0 Å². The van der Waals surface area contributed by atoms with Crippen molar-refractivity contribution >= 4 is 11.8 Å². The van der Waals surface area contributed by atoms with Crippen LogP contribution in [0.25, 0.3) is 0 Å². The zero-order valence-corrected chi connectivity index (χ0v) is 11.4. The first-order valence-electron chi connectivity index (χ1n) is 6.30. The van der Waals surface area contributed by atoms with E-state index in [9.17, 15) is 0 Å². The number of thioether (sulfide) groups is 1. The molecule has 0 amide bonds. The fourth-order valence-electron chi connectivity index (χ4n) is 2.16. The summed E-state index contributed by atoms with van der Waals surface area (Å²) in [4.78, 5) is 1.28. The van der Waals surface area contributed by atoms with Crippen molar-refractivity contribution < 1.29 is 14.2 Å². The fourth-order valence-corrected chi connectivity index (χ4v) is 3.16. The molecule has 1 aromatic rings. The summed E-state index contributed by atoms with van der Waals surface area (Å²) in [5, 5.41) is 0. The molecule has 4 heteroatoms. The number of hydrogen-bond acceptors (Lipinski definition) is 4. The maximum absolute atomic E-state index is 5.84. The van der Waals surface area contributed by atoms with Gasteiger partial charge in [-0.3, -0.25) is 0 Å². The van der Waals surface area contributed by atoms with Crippen molar-refractivity contribution in [2.45, 2.75) is 29.6 Å². The molecule has 98 valence electrons. The van der Waals surface area contributed by atoms with Gasteiger partial charge in [0, 0.05) is 17.1 Å². The molecule has 18 heavy (non-hydrogen) atoms. The van der Waals surface area contributed by atoms with Crippen LogP contribution >= 0.6 is 11.8 Å². The molecule has 3 aliphatic rings. The highest BCUT2D eigenvalue weighted by atomic mass is 32.2. The molecular formula is C14H18O3S. The van der Waals surface area contributed by atoms with Gasteiger partial charge >= 0.3 is 0 Å². The maximum atomic E-state index is 5.84. The molecule has 3 aliphatic heterocycles. The van der Waals surface area contributed by atoms with E-state index in [0.717, 1.165) is 12.2 Å². The van der Waals surface area contributed by atoms with E-state index in [1.165, 1.54) is 4.90 Å². The summed E-state index contributed by atoms with van der Waals surface area (Å²) >= 11 is 1.83. The number of hydrogen-bond donors (Lipinski definition) is 0. The van der Waals surface area contributed by atoms with Gasteiger partial charge in [0.05, 0.1) is 13.2 Å². The first kappa shape index (κ1) is 12.5. The minimum atomic E-state index is -0.500. The Hall–Kier alpha value is -0.550. The van der Waals surface area contributed by atoms with Crippen molar-refractivity contribution in [2.24, 2.45) is 0 Å². The molecule has 3 saturated heterocycles. The zero-order chi connectivity index (χ0) is 12.5. The lowest BCUT2D eigenvalue weighted by molar-refractivity contribution is -0.393. The van der Waals surface area contributed by atoms with Crippen molar-refractivity contribution in [3.63, 3.8) is 0 Å². The van der Waals surface area contributed by atoms with Crippen LogP contribution in [0.3, 0.4) is 0 Å². The maximum Gasteiger partial charge on any atom is 0.192 e. The minimum Gasteiger partial charge on any atom is -0.365 e. The van der Waals surface area contributed by atoms with Crippen molar-refractivity contribution in [3.05, 3.63) is 30.3 Å². The molecule has 0 saturated carbocycles. The van der Waals surface area contributed by atoms with Crippen LogP contribution in [0, 0.1) is 0 Å². The smallest absolute Gasteiger partial charge is 0.192 e. The van der Waals surface area contributed by atoms with Crippen LogP contribution in [-0.4, -0.2) is 37.0 Å². The summed E-state index contributed by atoms with van der Waals surface area (Å²) in [6.07, 6.45) is 0.864. The predicted molar refractivity (Wildman–Crippen MR) is 70.8 cm³/mol. The summed E-state index contributed by atoms with van der Waals surface area (Å²) in [5.74, 6) is 0.476. The molecule has 0 spiro atoms. The average Bonchev–Trinajstić information content (AvgIpc) is 2.42. The molecule has 1 aromatic carbocycles. The van der Waals surface area contributed by atoms with E-state index in [1.54, 1.807) is 0 Å². The van der Waals surface area contributed by atoms with Crippen LogP contribution in [0.1, 0.15) is 13.3 Å². The monoisotopic (exact) mass is 266 g/mol. The van der Waals surface area contributed by atoms with Gasteiger partial charge in [0.1, 0.15) is 12.2 Å². The molecule has 0 aliphatic carbocycles. The van der Waals surface area contributed by atoms with Crippen LogP contribution in [-0.2, 0) is 14.2 Å². The SMILES string of the molecule is CC12COC(CCSc3ccccc3)(CO1)OC2. The standard InChI is InChI=1S/C14H18O3S/c1-13-9-16-14(11-15-13,17-10-13)7-8-18-12-5-3-2-4-6-12/h2-6H,7-11H2,1H3. The largest absolute Gasteiger partial charge is 0.365 e. The number of ether oxygens (including phenoxy) is 3. The normalized spacial score (nSPS) is 34.7. The second-order valence-corrected chi connectivity index (χ2v) is 6.31. The molecule has 4 rings (SSSR count). The first-order valence-corrected chi connectivity index (χ1v) is 7.28. The van der Waals surface area contributed by atoms with Gasteiger partial charge < -0.3 is 14.2 Å². The Bertz CT molecular complexity index is 382. The van der Waals surface area contributed by atoms with Gasteiger partial charge in [0.25, 0.3) is 0 Å². The van der Waals surface area contributed by atoms with Gasteiger partial charge in [-0.15, -0.1) is 11.8 Å². The summed E-state index contributed by atoms with van der Waals surface area (Å²) in [5.41, 5.74) is -0.228.